The molecule has 25 heavy (non-hydrogen) atoms. The number of rotatable bonds is 10. The van der Waals surface area contributed by atoms with Crippen molar-refractivity contribution in [3.63, 3.8) is 0 Å². The Balaban J connectivity index is 1.77. The largest absolute Gasteiger partial charge is 0.392 e. The number of benzene rings is 1. The van der Waals surface area contributed by atoms with Gasteiger partial charge in [-0.25, -0.2) is 0 Å². The number of hydrogen-bond donors (Lipinski definition) is 2. The van der Waals surface area contributed by atoms with Crippen molar-refractivity contribution in [2.75, 3.05) is 6.61 Å². The molecule has 1 fully saturated rings. The van der Waals surface area contributed by atoms with E-state index in [4.69, 9.17) is 4.74 Å². The minimum absolute atomic E-state index is 0.0187. The van der Waals surface area contributed by atoms with E-state index in [1.807, 2.05) is 30.3 Å². The summed E-state index contributed by atoms with van der Waals surface area (Å²) in [6.07, 6.45) is 4.97. The molecule has 0 saturated heterocycles. The van der Waals surface area contributed by atoms with Gasteiger partial charge in [0.15, 0.2) is 5.78 Å². The van der Waals surface area contributed by atoms with Crippen LogP contribution in [0.2, 0.25) is 0 Å². The second kappa shape index (κ2) is 10.5. The predicted octanol–water partition coefficient (Wildman–Crippen LogP) is 3.27. The van der Waals surface area contributed by atoms with Crippen LogP contribution in [0.15, 0.2) is 43.0 Å². The van der Waals surface area contributed by atoms with E-state index in [9.17, 15) is 15.0 Å². The van der Waals surface area contributed by atoms with Crippen molar-refractivity contribution < 1.29 is 19.7 Å². The van der Waals surface area contributed by atoms with Crippen molar-refractivity contribution >= 4 is 5.78 Å². The lowest BCUT2D eigenvalue weighted by atomic mass is 9.80. The van der Waals surface area contributed by atoms with Gasteiger partial charge in [0.1, 0.15) is 6.10 Å². The van der Waals surface area contributed by atoms with E-state index in [1.54, 1.807) is 0 Å². The summed E-state index contributed by atoms with van der Waals surface area (Å²) in [6, 6.07) is 9.81. The first-order chi connectivity index (χ1) is 12.1. The SMILES string of the molecule is C=C[C@@H](C(=O)[C@@H](O)C1CCCCC1)[C@@H](O)CCOCc1ccccc1. The molecule has 0 unspecified atom stereocenters. The molecule has 0 heterocycles. The number of ether oxygens (including phenoxy) is 1. The third-order valence-corrected chi connectivity index (χ3v) is 5.05. The number of carbonyl (C=O) groups is 1. The second-order valence-corrected chi connectivity index (χ2v) is 6.90. The van der Waals surface area contributed by atoms with Crippen LogP contribution >= 0.6 is 0 Å². The van der Waals surface area contributed by atoms with Gasteiger partial charge in [-0.2, -0.15) is 0 Å². The third kappa shape index (κ3) is 6.07. The lowest BCUT2D eigenvalue weighted by molar-refractivity contribution is -0.136. The van der Waals surface area contributed by atoms with E-state index < -0.39 is 18.1 Å². The molecule has 0 bridgehead atoms. The van der Waals surface area contributed by atoms with Crippen LogP contribution < -0.4 is 0 Å². The Bertz CT molecular complexity index is 522. The van der Waals surface area contributed by atoms with E-state index >= 15 is 0 Å². The van der Waals surface area contributed by atoms with Gasteiger partial charge in [-0.1, -0.05) is 55.7 Å². The lowest BCUT2D eigenvalue weighted by Gasteiger charge is -2.29. The van der Waals surface area contributed by atoms with Crippen LogP contribution in [0.5, 0.6) is 0 Å². The molecule has 1 aliphatic carbocycles. The first-order valence-electron chi connectivity index (χ1n) is 9.27. The highest BCUT2D eigenvalue weighted by Gasteiger charge is 2.34. The van der Waals surface area contributed by atoms with Crippen molar-refractivity contribution in [1.29, 1.82) is 0 Å². The summed E-state index contributed by atoms with van der Waals surface area (Å²) in [5, 5.41) is 20.7. The molecular weight excluding hydrogens is 316 g/mol. The smallest absolute Gasteiger partial charge is 0.170 e. The summed E-state index contributed by atoms with van der Waals surface area (Å²) in [5.74, 6) is -1.03. The summed E-state index contributed by atoms with van der Waals surface area (Å²) < 4.78 is 5.57. The summed E-state index contributed by atoms with van der Waals surface area (Å²) in [7, 11) is 0. The van der Waals surface area contributed by atoms with Crippen LogP contribution in [0.4, 0.5) is 0 Å². The topological polar surface area (TPSA) is 66.8 Å². The molecule has 1 aromatic carbocycles. The molecule has 1 saturated carbocycles. The van der Waals surface area contributed by atoms with Gasteiger partial charge < -0.3 is 14.9 Å². The Labute approximate surface area is 150 Å². The second-order valence-electron chi connectivity index (χ2n) is 6.90. The molecule has 0 aromatic heterocycles. The van der Waals surface area contributed by atoms with Gasteiger partial charge in [0.05, 0.1) is 18.6 Å². The molecule has 4 nitrogen and oxygen atoms in total. The van der Waals surface area contributed by atoms with E-state index in [0.717, 1.165) is 31.2 Å². The van der Waals surface area contributed by atoms with E-state index in [2.05, 4.69) is 6.58 Å². The van der Waals surface area contributed by atoms with Gasteiger partial charge in [-0.15, -0.1) is 6.58 Å². The summed E-state index contributed by atoms with van der Waals surface area (Å²) >= 11 is 0. The van der Waals surface area contributed by atoms with Crippen LogP contribution in [-0.2, 0) is 16.1 Å². The lowest BCUT2D eigenvalue weighted by Crippen LogP contribution is -2.39. The van der Waals surface area contributed by atoms with Crippen molar-refractivity contribution in [2.24, 2.45) is 11.8 Å². The minimum atomic E-state index is -0.997. The van der Waals surface area contributed by atoms with Gasteiger partial charge in [-0.05, 0) is 30.7 Å². The van der Waals surface area contributed by atoms with Crippen molar-refractivity contribution in [3.05, 3.63) is 48.6 Å². The summed E-state index contributed by atoms with van der Waals surface area (Å²) in [5.41, 5.74) is 1.07. The monoisotopic (exact) mass is 346 g/mol. The zero-order valence-electron chi connectivity index (χ0n) is 14.8. The minimum Gasteiger partial charge on any atom is -0.392 e. The number of Topliss-reactive ketones (excluding diaryl/α,β-unsaturated/α-hetero) is 1. The maximum absolute atomic E-state index is 12.5. The van der Waals surface area contributed by atoms with Crippen LogP contribution in [0.3, 0.4) is 0 Å². The molecule has 2 rings (SSSR count). The average molecular weight is 346 g/mol. The zero-order valence-corrected chi connectivity index (χ0v) is 14.8. The average Bonchev–Trinajstić information content (AvgIpc) is 2.66. The molecule has 1 aromatic rings. The van der Waals surface area contributed by atoms with Crippen LogP contribution in [0.25, 0.3) is 0 Å². The number of aliphatic hydroxyl groups is 2. The number of ketones is 1. The molecule has 0 spiro atoms. The summed E-state index contributed by atoms with van der Waals surface area (Å²) in [4.78, 5) is 12.5. The Morgan fingerprint density at radius 3 is 2.52 bits per heavy atom. The molecule has 3 atom stereocenters. The molecule has 4 heteroatoms. The Morgan fingerprint density at radius 2 is 1.88 bits per heavy atom. The molecular formula is C21H30O4. The van der Waals surface area contributed by atoms with Gasteiger partial charge in [-0.3, -0.25) is 4.79 Å². The normalized spacial score (nSPS) is 19.1. The van der Waals surface area contributed by atoms with Gasteiger partial charge in [0, 0.05) is 6.61 Å². The maximum atomic E-state index is 12.5. The van der Waals surface area contributed by atoms with E-state index in [1.165, 1.54) is 12.5 Å². The fourth-order valence-corrected chi connectivity index (χ4v) is 3.49. The van der Waals surface area contributed by atoms with Gasteiger partial charge >= 0.3 is 0 Å². The van der Waals surface area contributed by atoms with E-state index in [0.29, 0.717) is 19.6 Å². The van der Waals surface area contributed by atoms with Crippen LogP contribution in [0.1, 0.15) is 44.1 Å². The molecule has 0 amide bonds. The Hall–Kier alpha value is -1.49. The number of hydrogen-bond acceptors (Lipinski definition) is 4. The van der Waals surface area contributed by atoms with Crippen LogP contribution in [-0.4, -0.2) is 34.8 Å². The third-order valence-electron chi connectivity index (χ3n) is 5.05. The molecule has 1 aliphatic rings. The van der Waals surface area contributed by atoms with Crippen LogP contribution in [0, 0.1) is 11.8 Å². The van der Waals surface area contributed by atoms with Gasteiger partial charge in [0.25, 0.3) is 0 Å². The Morgan fingerprint density at radius 1 is 1.20 bits per heavy atom. The highest BCUT2D eigenvalue weighted by molar-refractivity contribution is 5.87. The highest BCUT2D eigenvalue weighted by Crippen LogP contribution is 2.28. The maximum Gasteiger partial charge on any atom is 0.170 e. The fourth-order valence-electron chi connectivity index (χ4n) is 3.49. The highest BCUT2D eigenvalue weighted by atomic mass is 16.5. The molecule has 2 N–H and O–H groups in total. The first-order valence-corrected chi connectivity index (χ1v) is 9.27. The Kier molecular flexibility index (Phi) is 8.32. The van der Waals surface area contributed by atoms with Crippen molar-refractivity contribution in [3.8, 4) is 0 Å². The number of aliphatic hydroxyl groups excluding tert-OH is 2. The first kappa shape index (κ1) is 19.8. The predicted molar refractivity (Wildman–Crippen MR) is 98.0 cm³/mol. The van der Waals surface area contributed by atoms with Crippen molar-refractivity contribution in [1.82, 2.24) is 0 Å². The van der Waals surface area contributed by atoms with Crippen molar-refractivity contribution in [2.45, 2.75) is 57.3 Å². The quantitative estimate of drug-likeness (QED) is 0.504. The fraction of sp³-hybridized carbons (Fsp3) is 0.571. The standard InChI is InChI=1S/C21H30O4/c1-2-18(21(24)20(23)17-11-7-4-8-12-17)19(22)13-14-25-15-16-9-5-3-6-10-16/h2-3,5-6,9-10,17-20,22-23H,1,4,7-8,11-15H2/t18-,19+,20+/m1/s1. The zero-order chi connectivity index (χ0) is 18.1. The molecule has 0 radical (unpaired) electrons. The van der Waals surface area contributed by atoms with E-state index in [-0.39, 0.29) is 11.7 Å². The summed E-state index contributed by atoms with van der Waals surface area (Å²) in [6.45, 7) is 4.51. The molecule has 0 aliphatic heterocycles. The van der Waals surface area contributed by atoms with Gasteiger partial charge in [0.2, 0.25) is 0 Å². The number of carbonyl (C=O) groups excluding carboxylic acids is 1. The molecule has 138 valence electrons.